The molecule has 1 amide bonds. The van der Waals surface area contributed by atoms with Gasteiger partial charge < -0.3 is 19.4 Å². The van der Waals surface area contributed by atoms with E-state index in [0.29, 0.717) is 23.9 Å². The second-order valence-corrected chi connectivity index (χ2v) is 25.8. The molecule has 0 radical (unpaired) electrons. The molecular weight excluding hydrogens is 1070 g/mol. The van der Waals surface area contributed by atoms with Gasteiger partial charge in [0.1, 0.15) is 19.3 Å². The third-order valence-corrected chi connectivity index (χ3v) is 15.9. The summed E-state index contributed by atoms with van der Waals surface area (Å²) < 4.78 is 30.8. The molecule has 0 aromatic carbocycles. The average molecular weight is 1200 g/mol. The summed E-state index contributed by atoms with van der Waals surface area (Å²) in [6.45, 7) is 6.85. The fraction of sp³-hybridized carbons (Fsp3) is 0.707. The van der Waals surface area contributed by atoms with Gasteiger partial charge >= 0.3 is 13.8 Å². The van der Waals surface area contributed by atoms with Crippen molar-refractivity contribution in [2.24, 2.45) is 0 Å². The van der Waals surface area contributed by atoms with Crippen molar-refractivity contribution >= 4 is 19.7 Å². The Labute approximate surface area is 524 Å². The van der Waals surface area contributed by atoms with Crippen molar-refractivity contribution in [3.8, 4) is 0 Å². The van der Waals surface area contributed by atoms with Crippen molar-refractivity contribution in [1.29, 1.82) is 0 Å². The summed E-state index contributed by atoms with van der Waals surface area (Å²) in [4.78, 5) is 37.9. The number of esters is 1. The number of hydrogen-bond acceptors (Lipinski definition) is 6. The van der Waals surface area contributed by atoms with E-state index in [9.17, 15) is 19.0 Å². The minimum absolute atomic E-state index is 0.0287. The summed E-state index contributed by atoms with van der Waals surface area (Å²) in [5.74, 6) is -0.539. The van der Waals surface area contributed by atoms with E-state index in [1.54, 1.807) is 0 Å². The highest BCUT2D eigenvalue weighted by Gasteiger charge is 2.30. The smallest absolute Gasteiger partial charge is 0.456 e. The number of amides is 1. The lowest BCUT2D eigenvalue weighted by Gasteiger charge is -2.27. The number of unbranched alkanes of at least 4 members (excludes halogenated alkanes) is 28. The van der Waals surface area contributed by atoms with Gasteiger partial charge in [-0.15, -0.1) is 0 Å². The third-order valence-electron chi connectivity index (χ3n) is 14.9. The van der Waals surface area contributed by atoms with E-state index in [0.717, 1.165) is 116 Å². The van der Waals surface area contributed by atoms with Crippen LogP contribution < -0.4 is 5.32 Å². The first-order valence-corrected chi connectivity index (χ1v) is 36.4. The number of nitrogens with zero attached hydrogens (tertiary/aromatic N) is 1. The number of quaternary nitrogens is 1. The molecule has 0 aromatic rings. The van der Waals surface area contributed by atoms with Crippen LogP contribution >= 0.6 is 7.82 Å². The minimum atomic E-state index is -4.47. The second kappa shape index (κ2) is 63.4. The van der Waals surface area contributed by atoms with Crippen LogP contribution in [0, 0.1) is 0 Å². The highest BCUT2D eigenvalue weighted by atomic mass is 31.2. The average Bonchev–Trinajstić information content (AvgIpc) is 3.62. The quantitative estimate of drug-likeness (QED) is 0.0205. The van der Waals surface area contributed by atoms with Crippen molar-refractivity contribution in [2.45, 2.75) is 303 Å². The highest BCUT2D eigenvalue weighted by molar-refractivity contribution is 7.47. The maximum atomic E-state index is 13.6. The lowest BCUT2D eigenvalue weighted by Crippen LogP contribution is -2.47. The Hall–Kier alpha value is -3.59. The van der Waals surface area contributed by atoms with Crippen LogP contribution in [0.3, 0.4) is 0 Å². The Kier molecular flexibility index (Phi) is 60.8. The number of carbonyl (C=O) groups is 2. The molecule has 0 aromatic heterocycles. The second-order valence-electron chi connectivity index (χ2n) is 24.3. The van der Waals surface area contributed by atoms with Crippen LogP contribution in [0.5, 0.6) is 0 Å². The van der Waals surface area contributed by atoms with Gasteiger partial charge in [-0.05, 0) is 122 Å². The van der Waals surface area contributed by atoms with E-state index < -0.39 is 20.0 Å². The first-order valence-electron chi connectivity index (χ1n) is 34.9. The maximum absolute atomic E-state index is 13.6. The van der Waals surface area contributed by atoms with Crippen LogP contribution in [-0.2, 0) is 27.9 Å². The maximum Gasteiger partial charge on any atom is 0.472 e. The number of hydrogen-bond donors (Lipinski definition) is 2. The lowest BCUT2D eigenvalue weighted by molar-refractivity contribution is -0.870. The number of carbonyl (C=O) groups excluding carboxylic acids is 2. The molecule has 0 saturated carbocycles. The van der Waals surface area contributed by atoms with Crippen molar-refractivity contribution in [3.05, 3.63) is 122 Å². The molecule has 0 spiro atoms. The van der Waals surface area contributed by atoms with E-state index in [2.05, 4.69) is 135 Å². The third kappa shape index (κ3) is 64.7. The lowest BCUT2D eigenvalue weighted by atomic mass is 10.0. The summed E-state index contributed by atoms with van der Waals surface area (Å²) >= 11 is 0. The predicted molar refractivity (Wildman–Crippen MR) is 369 cm³/mol. The van der Waals surface area contributed by atoms with E-state index in [1.165, 1.54) is 135 Å². The molecule has 0 aliphatic heterocycles. The van der Waals surface area contributed by atoms with Crippen molar-refractivity contribution in [3.63, 3.8) is 0 Å². The SMILES string of the molecule is CC/C=C\C/C=C\C/C=C\C/C=C\C/C=C\C/C=C\CCCCCCC(=O)NC(COP(=O)(O)OCC[N+](C)(C)C)C(/C=C/CCCCCCCCCCC)OC(=O)CCCCCCCCCCCCCC/C=C\C/C=C\C/C=C\CCCCC. The van der Waals surface area contributed by atoms with Crippen LogP contribution in [0.4, 0.5) is 0 Å². The number of rotatable bonds is 62. The summed E-state index contributed by atoms with van der Waals surface area (Å²) in [5, 5.41) is 3.05. The van der Waals surface area contributed by atoms with Gasteiger partial charge in [-0.1, -0.05) is 277 Å². The molecule has 9 nitrogen and oxygen atoms in total. The Morgan fingerprint density at radius 1 is 0.424 bits per heavy atom. The summed E-state index contributed by atoms with van der Waals surface area (Å²) in [5.41, 5.74) is 0. The molecule has 0 heterocycles. The zero-order valence-corrected chi connectivity index (χ0v) is 56.7. The van der Waals surface area contributed by atoms with Gasteiger partial charge in [0.05, 0.1) is 33.8 Å². The van der Waals surface area contributed by atoms with Gasteiger partial charge in [0, 0.05) is 12.8 Å². The van der Waals surface area contributed by atoms with Crippen LogP contribution in [-0.4, -0.2) is 74.3 Å². The van der Waals surface area contributed by atoms with Gasteiger partial charge in [0.15, 0.2) is 0 Å². The molecule has 0 saturated heterocycles. The summed E-state index contributed by atoms with van der Waals surface area (Å²) in [7, 11) is 1.46. The van der Waals surface area contributed by atoms with E-state index in [-0.39, 0.29) is 31.5 Å². The Morgan fingerprint density at radius 3 is 1.15 bits per heavy atom. The molecule has 85 heavy (non-hydrogen) atoms. The van der Waals surface area contributed by atoms with Gasteiger partial charge in [0.25, 0.3) is 0 Å². The number of phosphoric acid groups is 1. The van der Waals surface area contributed by atoms with E-state index >= 15 is 0 Å². The number of nitrogens with one attached hydrogen (secondary N) is 1. The number of ether oxygens (including phenoxy) is 1. The molecule has 0 aliphatic carbocycles. The van der Waals surface area contributed by atoms with Gasteiger partial charge in [-0.2, -0.15) is 0 Å². The normalized spacial score (nSPS) is 14.3. The van der Waals surface area contributed by atoms with Gasteiger partial charge in [0.2, 0.25) is 5.91 Å². The minimum Gasteiger partial charge on any atom is -0.456 e. The fourth-order valence-electron chi connectivity index (χ4n) is 9.54. The molecule has 488 valence electrons. The molecule has 2 N–H and O–H groups in total. The van der Waals surface area contributed by atoms with Crippen molar-refractivity contribution in [2.75, 3.05) is 40.9 Å². The molecule has 0 bridgehead atoms. The van der Waals surface area contributed by atoms with Crippen molar-refractivity contribution < 1.29 is 37.3 Å². The zero-order chi connectivity index (χ0) is 62.1. The largest absolute Gasteiger partial charge is 0.472 e. The first-order chi connectivity index (χ1) is 41.4. The first kappa shape index (κ1) is 81.4. The molecule has 3 unspecified atom stereocenters. The van der Waals surface area contributed by atoms with Gasteiger partial charge in [-0.3, -0.25) is 18.6 Å². The predicted octanol–water partition coefficient (Wildman–Crippen LogP) is 22.2. The van der Waals surface area contributed by atoms with Crippen LogP contribution in [0.25, 0.3) is 0 Å². The van der Waals surface area contributed by atoms with Crippen molar-refractivity contribution in [1.82, 2.24) is 5.32 Å². The Balaban J connectivity index is 5.12. The molecular formula is C75H132N2O7P+. The van der Waals surface area contributed by atoms with Crippen LogP contribution in [0.15, 0.2) is 122 Å². The van der Waals surface area contributed by atoms with Gasteiger partial charge in [-0.25, -0.2) is 4.57 Å². The van der Waals surface area contributed by atoms with E-state index in [4.69, 9.17) is 13.8 Å². The molecule has 0 fully saturated rings. The number of phosphoric ester groups is 1. The number of likely N-dealkylation sites (N-methyl/N-ethyl adjacent to an activating group) is 1. The summed E-state index contributed by atoms with van der Waals surface area (Å²) in [6.07, 6.45) is 89.2. The monoisotopic (exact) mass is 1200 g/mol. The zero-order valence-electron chi connectivity index (χ0n) is 55.8. The standard InChI is InChI=1S/C75H131N2O7P/c1-7-10-13-16-19-22-25-27-29-31-33-35-37-38-40-42-44-46-48-50-53-56-59-62-65-68-75(79)84-73(66-63-60-57-54-51-24-21-18-15-12-9-3)72(71-83-85(80,81)82-70-69-77(4,5)6)76-74(78)67-64-61-58-55-52-49-47-45-43-41-39-36-34-32-30-28-26-23-20-17-14-11-8-2/h11,14,19-20,22-23,27-30,33-36,41,43,47,49,63,66,72-73H,7-10,12-13,15-18,21,24-26,31-32,37-40,42,44-46,48,50-62,64-65,67-71H2,1-6H3,(H-,76,78,80,81)/p+1/b14-11-,22-19-,23-20-,29-27-,30-28-,35-33-,36-34-,43-41-,49-47-,66-63+. The van der Waals surface area contributed by atoms with E-state index in [1.807, 2.05) is 33.3 Å². The fourth-order valence-corrected chi connectivity index (χ4v) is 10.3. The molecule has 3 atom stereocenters. The molecule has 0 aliphatic rings. The Morgan fingerprint density at radius 2 is 0.753 bits per heavy atom. The van der Waals surface area contributed by atoms with Crippen LogP contribution in [0.2, 0.25) is 0 Å². The summed E-state index contributed by atoms with van der Waals surface area (Å²) in [6, 6.07) is -0.871. The molecule has 10 heteroatoms. The highest BCUT2D eigenvalue weighted by Crippen LogP contribution is 2.43. The number of allylic oxidation sites excluding steroid dienone is 19. The van der Waals surface area contributed by atoms with Crippen LogP contribution in [0.1, 0.15) is 290 Å². The molecule has 0 rings (SSSR count). The Bertz CT molecular complexity index is 1870. The topological polar surface area (TPSA) is 111 Å².